The molecule has 6 nitrogen and oxygen atoms in total. The molecule has 0 saturated carbocycles. The summed E-state index contributed by atoms with van der Waals surface area (Å²) in [5, 5.41) is 11.8. The maximum absolute atomic E-state index is 12.7. The van der Waals surface area contributed by atoms with Crippen molar-refractivity contribution in [3.63, 3.8) is 0 Å². The third-order valence-electron chi connectivity index (χ3n) is 4.32. The SMILES string of the molecule is Cc1ccc(CN(C)C(=O)c2nnn(C3CCNCC3)c2C)s1. The summed E-state index contributed by atoms with van der Waals surface area (Å²) in [7, 11) is 1.82. The van der Waals surface area contributed by atoms with Crippen LogP contribution < -0.4 is 5.32 Å². The molecular weight excluding hydrogens is 310 g/mol. The van der Waals surface area contributed by atoms with Crippen LogP contribution in [0.1, 0.15) is 44.8 Å². The van der Waals surface area contributed by atoms with Gasteiger partial charge in [-0.25, -0.2) is 4.68 Å². The number of thiophene rings is 1. The first-order valence-electron chi connectivity index (χ1n) is 7.99. The molecule has 1 amide bonds. The average Bonchev–Trinajstić information content (AvgIpc) is 3.13. The van der Waals surface area contributed by atoms with Gasteiger partial charge in [0.05, 0.1) is 18.3 Å². The van der Waals surface area contributed by atoms with Crippen LogP contribution in [0.4, 0.5) is 0 Å². The van der Waals surface area contributed by atoms with Gasteiger partial charge in [0.15, 0.2) is 5.69 Å². The van der Waals surface area contributed by atoms with E-state index in [1.807, 2.05) is 18.7 Å². The maximum atomic E-state index is 12.7. The lowest BCUT2D eigenvalue weighted by Crippen LogP contribution is -2.30. The Morgan fingerprint density at radius 1 is 1.39 bits per heavy atom. The predicted molar refractivity (Wildman–Crippen MR) is 90.8 cm³/mol. The maximum Gasteiger partial charge on any atom is 0.276 e. The summed E-state index contributed by atoms with van der Waals surface area (Å²) >= 11 is 1.72. The van der Waals surface area contributed by atoms with E-state index < -0.39 is 0 Å². The number of hydrogen-bond donors (Lipinski definition) is 1. The van der Waals surface area contributed by atoms with Gasteiger partial charge in [-0.3, -0.25) is 4.79 Å². The Kier molecular flexibility index (Phi) is 4.77. The van der Waals surface area contributed by atoms with E-state index in [1.165, 1.54) is 9.75 Å². The van der Waals surface area contributed by atoms with Crippen LogP contribution in [-0.2, 0) is 6.54 Å². The highest BCUT2D eigenvalue weighted by atomic mass is 32.1. The zero-order valence-electron chi connectivity index (χ0n) is 13.9. The molecule has 124 valence electrons. The van der Waals surface area contributed by atoms with Crippen molar-refractivity contribution in [3.05, 3.63) is 33.3 Å². The van der Waals surface area contributed by atoms with Crippen LogP contribution in [0.2, 0.25) is 0 Å². The highest BCUT2D eigenvalue weighted by Crippen LogP contribution is 2.22. The molecule has 0 bridgehead atoms. The van der Waals surface area contributed by atoms with Crippen molar-refractivity contribution in [2.75, 3.05) is 20.1 Å². The standard InChI is InChI=1S/C16H23N5OS/c1-11-4-5-14(23-11)10-20(3)16(22)15-12(2)21(19-18-15)13-6-8-17-9-7-13/h4-5,13,17H,6-10H2,1-3H3. The van der Waals surface area contributed by atoms with E-state index in [0.717, 1.165) is 31.6 Å². The predicted octanol–water partition coefficient (Wildman–Crippen LogP) is 2.15. The van der Waals surface area contributed by atoms with Crippen molar-refractivity contribution in [1.82, 2.24) is 25.2 Å². The Hall–Kier alpha value is -1.73. The first kappa shape index (κ1) is 16.1. The van der Waals surface area contributed by atoms with Gasteiger partial charge in [-0.1, -0.05) is 5.21 Å². The molecule has 1 N–H and O–H groups in total. The number of aryl methyl sites for hydroxylation is 1. The van der Waals surface area contributed by atoms with Crippen LogP contribution in [0.25, 0.3) is 0 Å². The monoisotopic (exact) mass is 333 g/mol. The normalized spacial score (nSPS) is 15.8. The lowest BCUT2D eigenvalue weighted by Gasteiger charge is -2.23. The molecule has 0 atom stereocenters. The van der Waals surface area contributed by atoms with E-state index in [0.29, 0.717) is 18.3 Å². The van der Waals surface area contributed by atoms with Crippen molar-refractivity contribution in [1.29, 1.82) is 0 Å². The molecule has 0 unspecified atom stereocenters. The molecule has 0 spiro atoms. The largest absolute Gasteiger partial charge is 0.335 e. The second-order valence-electron chi connectivity index (χ2n) is 6.12. The number of carbonyl (C=O) groups is 1. The molecule has 1 saturated heterocycles. The molecule has 1 aliphatic heterocycles. The summed E-state index contributed by atoms with van der Waals surface area (Å²) < 4.78 is 1.93. The van der Waals surface area contributed by atoms with E-state index in [-0.39, 0.29) is 5.91 Å². The van der Waals surface area contributed by atoms with E-state index in [2.05, 4.69) is 34.7 Å². The Morgan fingerprint density at radius 2 is 2.13 bits per heavy atom. The van der Waals surface area contributed by atoms with E-state index in [1.54, 1.807) is 16.2 Å². The van der Waals surface area contributed by atoms with Gasteiger partial charge in [0.2, 0.25) is 0 Å². The van der Waals surface area contributed by atoms with E-state index >= 15 is 0 Å². The van der Waals surface area contributed by atoms with Gasteiger partial charge in [-0.15, -0.1) is 16.4 Å². The van der Waals surface area contributed by atoms with Gasteiger partial charge >= 0.3 is 0 Å². The van der Waals surface area contributed by atoms with Crippen molar-refractivity contribution in [3.8, 4) is 0 Å². The van der Waals surface area contributed by atoms with Crippen molar-refractivity contribution < 1.29 is 4.79 Å². The van der Waals surface area contributed by atoms with Crippen molar-refractivity contribution in [2.24, 2.45) is 0 Å². The zero-order valence-corrected chi connectivity index (χ0v) is 14.7. The third-order valence-corrected chi connectivity index (χ3v) is 5.31. The molecule has 0 aliphatic carbocycles. The number of hydrogen-bond acceptors (Lipinski definition) is 5. The van der Waals surface area contributed by atoms with Crippen LogP contribution >= 0.6 is 11.3 Å². The Labute approximate surface area is 140 Å². The van der Waals surface area contributed by atoms with Crippen LogP contribution in [0.3, 0.4) is 0 Å². The number of rotatable bonds is 4. The van der Waals surface area contributed by atoms with E-state index in [9.17, 15) is 4.79 Å². The number of amides is 1. The van der Waals surface area contributed by atoms with Crippen LogP contribution in [-0.4, -0.2) is 45.9 Å². The molecule has 3 rings (SSSR count). The lowest BCUT2D eigenvalue weighted by molar-refractivity contribution is 0.0779. The number of aromatic nitrogens is 3. The fraction of sp³-hybridized carbons (Fsp3) is 0.562. The third kappa shape index (κ3) is 3.45. The highest BCUT2D eigenvalue weighted by molar-refractivity contribution is 7.11. The summed E-state index contributed by atoms with van der Waals surface area (Å²) in [5.41, 5.74) is 1.34. The summed E-state index contributed by atoms with van der Waals surface area (Å²) in [6.45, 7) is 6.61. The van der Waals surface area contributed by atoms with Gasteiger partial charge in [0.1, 0.15) is 0 Å². The second kappa shape index (κ2) is 6.80. The molecule has 1 aliphatic rings. The molecule has 0 radical (unpaired) electrons. The molecule has 3 heterocycles. The minimum absolute atomic E-state index is 0.0614. The Balaban J connectivity index is 1.73. The smallest absolute Gasteiger partial charge is 0.276 e. The number of carbonyl (C=O) groups excluding carboxylic acids is 1. The first-order chi connectivity index (χ1) is 11.1. The molecule has 0 aromatic carbocycles. The van der Waals surface area contributed by atoms with Gasteiger partial charge < -0.3 is 10.2 Å². The van der Waals surface area contributed by atoms with Crippen LogP contribution in [0, 0.1) is 13.8 Å². The van der Waals surface area contributed by atoms with Crippen LogP contribution in [0.15, 0.2) is 12.1 Å². The second-order valence-corrected chi connectivity index (χ2v) is 7.50. The Morgan fingerprint density at radius 3 is 2.78 bits per heavy atom. The fourth-order valence-corrected chi connectivity index (χ4v) is 3.94. The molecular formula is C16H23N5OS. The minimum Gasteiger partial charge on any atom is -0.335 e. The first-order valence-corrected chi connectivity index (χ1v) is 8.81. The average molecular weight is 333 g/mol. The highest BCUT2D eigenvalue weighted by Gasteiger charge is 2.24. The lowest BCUT2D eigenvalue weighted by atomic mass is 10.1. The minimum atomic E-state index is -0.0614. The summed E-state index contributed by atoms with van der Waals surface area (Å²) in [5.74, 6) is -0.0614. The molecule has 2 aromatic heterocycles. The van der Waals surface area contributed by atoms with Crippen molar-refractivity contribution in [2.45, 2.75) is 39.3 Å². The van der Waals surface area contributed by atoms with E-state index in [4.69, 9.17) is 0 Å². The molecule has 23 heavy (non-hydrogen) atoms. The van der Waals surface area contributed by atoms with Crippen LogP contribution in [0.5, 0.6) is 0 Å². The molecule has 2 aromatic rings. The van der Waals surface area contributed by atoms with Gasteiger partial charge in [-0.2, -0.15) is 0 Å². The summed E-state index contributed by atoms with van der Waals surface area (Å²) in [6, 6.07) is 4.50. The Bertz CT molecular complexity index is 686. The number of nitrogens with zero attached hydrogens (tertiary/aromatic N) is 4. The quantitative estimate of drug-likeness (QED) is 0.931. The summed E-state index contributed by atoms with van der Waals surface area (Å²) in [6.07, 6.45) is 2.06. The number of nitrogens with one attached hydrogen (secondary N) is 1. The van der Waals surface area contributed by atoms with Gasteiger partial charge in [-0.05, 0) is 51.9 Å². The summed E-state index contributed by atoms with van der Waals surface area (Å²) in [4.78, 5) is 16.8. The fourth-order valence-electron chi connectivity index (χ4n) is 2.99. The molecule has 7 heteroatoms. The van der Waals surface area contributed by atoms with Gasteiger partial charge in [0, 0.05) is 16.8 Å². The van der Waals surface area contributed by atoms with Crippen molar-refractivity contribution >= 4 is 17.2 Å². The number of piperidine rings is 1. The topological polar surface area (TPSA) is 63.1 Å². The van der Waals surface area contributed by atoms with Gasteiger partial charge in [0.25, 0.3) is 5.91 Å². The zero-order chi connectivity index (χ0) is 16.4. The molecule has 1 fully saturated rings.